The van der Waals surface area contributed by atoms with E-state index in [1.54, 1.807) is 0 Å². The third-order valence-corrected chi connectivity index (χ3v) is 4.62. The molecule has 0 amide bonds. The minimum absolute atomic E-state index is 0.0158. The smallest absolute Gasteiger partial charge is 0.323 e. The zero-order valence-corrected chi connectivity index (χ0v) is 12.1. The Morgan fingerprint density at radius 1 is 1.20 bits per heavy atom. The lowest BCUT2D eigenvalue weighted by Crippen LogP contribution is -2.56. The van der Waals surface area contributed by atoms with Gasteiger partial charge < -0.3 is 4.74 Å². The normalized spacial score (nSPS) is 30.6. The fourth-order valence-corrected chi connectivity index (χ4v) is 3.72. The van der Waals surface area contributed by atoms with E-state index in [4.69, 9.17) is 4.74 Å². The summed E-state index contributed by atoms with van der Waals surface area (Å²) < 4.78 is 5.46. The van der Waals surface area contributed by atoms with Gasteiger partial charge in [-0.1, -0.05) is 43.7 Å². The summed E-state index contributed by atoms with van der Waals surface area (Å²) in [6.45, 7) is 2.73. The predicted octanol–water partition coefficient (Wildman–Crippen LogP) is 3.31. The van der Waals surface area contributed by atoms with Crippen LogP contribution in [0.5, 0.6) is 0 Å². The third kappa shape index (κ3) is 2.47. The number of ether oxygens (including phenoxy) is 1. The Morgan fingerprint density at radius 2 is 2.00 bits per heavy atom. The fraction of sp³-hybridized carbons (Fsp3) is 0.588. The maximum Gasteiger partial charge on any atom is 0.323 e. The van der Waals surface area contributed by atoms with E-state index in [0.717, 1.165) is 12.8 Å². The van der Waals surface area contributed by atoms with Crippen molar-refractivity contribution < 1.29 is 9.53 Å². The summed E-state index contributed by atoms with van der Waals surface area (Å²) in [4.78, 5) is 14.5. The third-order valence-electron chi connectivity index (χ3n) is 4.62. The number of piperidine rings is 1. The average molecular weight is 273 g/mol. The van der Waals surface area contributed by atoms with Crippen molar-refractivity contribution in [1.29, 1.82) is 0 Å². The van der Waals surface area contributed by atoms with Gasteiger partial charge in [-0.25, -0.2) is 0 Å². The highest BCUT2D eigenvalue weighted by Crippen LogP contribution is 2.37. The Bertz CT molecular complexity index is 457. The summed E-state index contributed by atoms with van der Waals surface area (Å²) in [7, 11) is 0. The molecule has 0 bridgehead atoms. The molecule has 1 aromatic rings. The molecular weight excluding hydrogens is 250 g/mol. The number of benzene rings is 1. The zero-order chi connectivity index (χ0) is 13.9. The highest BCUT2D eigenvalue weighted by Gasteiger charge is 2.43. The van der Waals surface area contributed by atoms with Crippen molar-refractivity contribution >= 4 is 5.97 Å². The van der Waals surface area contributed by atoms with E-state index in [1.165, 1.54) is 24.8 Å². The fourth-order valence-electron chi connectivity index (χ4n) is 3.72. The average Bonchev–Trinajstić information content (AvgIpc) is 2.50. The molecule has 20 heavy (non-hydrogen) atoms. The first kappa shape index (κ1) is 13.6. The van der Waals surface area contributed by atoms with Gasteiger partial charge in [-0.3, -0.25) is 9.69 Å². The predicted molar refractivity (Wildman–Crippen MR) is 78.3 cm³/mol. The number of carbonyl (C=O) groups is 1. The van der Waals surface area contributed by atoms with Crippen molar-refractivity contribution in [1.82, 2.24) is 4.90 Å². The topological polar surface area (TPSA) is 29.5 Å². The standard InChI is InChI=1S/C17H23NO2/c1-2-7-14-10-6-11-15-17(19)20-12-16(18(14)15)13-8-4-3-5-9-13/h3-5,8-9,14-16H,2,6-7,10-12H2,1H3/t14-,15+,16-/m0/s1. The summed E-state index contributed by atoms with van der Waals surface area (Å²) in [5.74, 6) is -0.0158. The molecule has 2 aliphatic heterocycles. The summed E-state index contributed by atoms with van der Waals surface area (Å²) in [5.41, 5.74) is 1.27. The SMILES string of the molecule is CCC[C@H]1CCC[C@@H]2C(=O)OC[C@@H](c3ccccc3)N12. The van der Waals surface area contributed by atoms with Gasteiger partial charge in [0, 0.05) is 6.04 Å². The van der Waals surface area contributed by atoms with Crippen molar-refractivity contribution in [2.75, 3.05) is 6.61 Å². The lowest BCUT2D eigenvalue weighted by molar-refractivity contribution is -0.169. The first-order chi connectivity index (χ1) is 9.81. The van der Waals surface area contributed by atoms with Crippen LogP contribution < -0.4 is 0 Å². The number of fused-ring (bicyclic) bond motifs is 1. The van der Waals surface area contributed by atoms with Crippen LogP contribution in [-0.4, -0.2) is 29.6 Å². The van der Waals surface area contributed by atoms with Crippen LogP contribution in [0.4, 0.5) is 0 Å². The quantitative estimate of drug-likeness (QED) is 0.791. The van der Waals surface area contributed by atoms with Crippen LogP contribution in [-0.2, 0) is 9.53 Å². The molecule has 3 rings (SSSR count). The summed E-state index contributed by atoms with van der Waals surface area (Å²) in [5, 5.41) is 0. The van der Waals surface area contributed by atoms with E-state index in [-0.39, 0.29) is 18.1 Å². The molecule has 3 atom stereocenters. The molecule has 2 fully saturated rings. The van der Waals surface area contributed by atoms with Crippen molar-refractivity contribution in [2.24, 2.45) is 0 Å². The Hall–Kier alpha value is -1.35. The molecule has 2 aliphatic rings. The number of rotatable bonds is 3. The summed E-state index contributed by atoms with van der Waals surface area (Å²) in [6, 6.07) is 11.2. The number of nitrogens with zero attached hydrogens (tertiary/aromatic N) is 1. The van der Waals surface area contributed by atoms with E-state index in [2.05, 4.69) is 36.1 Å². The van der Waals surface area contributed by atoms with E-state index >= 15 is 0 Å². The molecule has 0 aromatic heterocycles. The largest absolute Gasteiger partial charge is 0.462 e. The molecule has 1 aromatic carbocycles. The van der Waals surface area contributed by atoms with Gasteiger partial charge in [-0.15, -0.1) is 0 Å². The molecule has 2 saturated heterocycles. The van der Waals surface area contributed by atoms with E-state index in [1.807, 2.05) is 6.07 Å². The minimum atomic E-state index is -0.0285. The highest BCUT2D eigenvalue weighted by molar-refractivity contribution is 5.77. The van der Waals surface area contributed by atoms with Crippen molar-refractivity contribution in [3.63, 3.8) is 0 Å². The second kappa shape index (κ2) is 5.96. The van der Waals surface area contributed by atoms with Crippen LogP contribution in [0.3, 0.4) is 0 Å². The lowest BCUT2D eigenvalue weighted by atomic mass is 9.88. The Morgan fingerprint density at radius 3 is 2.75 bits per heavy atom. The number of cyclic esters (lactones) is 1. The van der Waals surface area contributed by atoms with Gasteiger partial charge in [0.05, 0.1) is 6.04 Å². The first-order valence-corrected chi connectivity index (χ1v) is 7.80. The Labute approximate surface area is 120 Å². The molecule has 0 spiro atoms. The second-order valence-electron chi connectivity index (χ2n) is 5.89. The summed E-state index contributed by atoms with van der Waals surface area (Å²) >= 11 is 0. The maximum atomic E-state index is 12.1. The van der Waals surface area contributed by atoms with Crippen molar-refractivity contribution in [3.8, 4) is 0 Å². The molecule has 3 nitrogen and oxygen atoms in total. The number of hydrogen-bond acceptors (Lipinski definition) is 3. The van der Waals surface area contributed by atoms with Gasteiger partial charge in [0.1, 0.15) is 12.6 Å². The Kier molecular flexibility index (Phi) is 4.06. The van der Waals surface area contributed by atoms with Crippen LogP contribution in [0.1, 0.15) is 50.6 Å². The first-order valence-electron chi connectivity index (χ1n) is 7.80. The zero-order valence-electron chi connectivity index (χ0n) is 12.1. The van der Waals surface area contributed by atoms with Crippen LogP contribution >= 0.6 is 0 Å². The van der Waals surface area contributed by atoms with Gasteiger partial charge in [0.2, 0.25) is 0 Å². The minimum Gasteiger partial charge on any atom is -0.462 e. The molecule has 0 saturated carbocycles. The van der Waals surface area contributed by atoms with Gasteiger partial charge in [-0.05, 0) is 31.2 Å². The van der Waals surface area contributed by atoms with E-state index in [0.29, 0.717) is 12.6 Å². The molecule has 0 N–H and O–H groups in total. The van der Waals surface area contributed by atoms with Crippen molar-refractivity contribution in [2.45, 2.75) is 57.2 Å². The highest BCUT2D eigenvalue weighted by atomic mass is 16.5. The summed E-state index contributed by atoms with van der Waals surface area (Å²) in [6.07, 6.45) is 5.64. The number of carbonyl (C=O) groups excluding carboxylic acids is 1. The van der Waals surface area contributed by atoms with Gasteiger partial charge in [0.25, 0.3) is 0 Å². The molecule has 108 valence electrons. The number of morpholine rings is 1. The second-order valence-corrected chi connectivity index (χ2v) is 5.89. The van der Waals surface area contributed by atoms with Gasteiger partial charge in [-0.2, -0.15) is 0 Å². The van der Waals surface area contributed by atoms with Crippen LogP contribution in [0.2, 0.25) is 0 Å². The van der Waals surface area contributed by atoms with Gasteiger partial charge >= 0.3 is 5.97 Å². The molecular formula is C17H23NO2. The Balaban J connectivity index is 1.90. The monoisotopic (exact) mass is 273 g/mol. The van der Waals surface area contributed by atoms with Crippen molar-refractivity contribution in [3.05, 3.63) is 35.9 Å². The molecule has 2 heterocycles. The molecule has 0 aliphatic carbocycles. The van der Waals surface area contributed by atoms with Gasteiger partial charge in [0.15, 0.2) is 0 Å². The molecule has 3 heteroatoms. The van der Waals surface area contributed by atoms with Crippen LogP contribution in [0.15, 0.2) is 30.3 Å². The maximum absolute atomic E-state index is 12.1. The lowest BCUT2D eigenvalue weighted by Gasteiger charge is -2.48. The number of esters is 1. The van der Waals surface area contributed by atoms with E-state index in [9.17, 15) is 4.79 Å². The number of hydrogen-bond donors (Lipinski definition) is 0. The van der Waals surface area contributed by atoms with Crippen LogP contribution in [0.25, 0.3) is 0 Å². The molecule has 0 unspecified atom stereocenters. The van der Waals surface area contributed by atoms with E-state index < -0.39 is 0 Å². The van der Waals surface area contributed by atoms with Crippen LogP contribution in [0, 0.1) is 0 Å². The molecule has 0 radical (unpaired) electrons.